The number of nitrogens with zero attached hydrogens (tertiary/aromatic N) is 2. The summed E-state index contributed by atoms with van der Waals surface area (Å²) in [5.41, 5.74) is 2.52. The first-order valence-corrected chi connectivity index (χ1v) is 23.9. The number of fused-ring (bicyclic) bond motifs is 4. The average molecular weight is 971 g/mol. The van der Waals surface area contributed by atoms with E-state index in [-0.39, 0.29) is 56.3 Å². The van der Waals surface area contributed by atoms with Gasteiger partial charge in [-0.05, 0) is 148 Å². The molecule has 6 aromatic carbocycles. The Kier molecular flexibility index (Phi) is 10.6. The van der Waals surface area contributed by atoms with Crippen molar-refractivity contribution in [2.24, 2.45) is 0 Å². The third kappa shape index (κ3) is 7.13. The Hall–Kier alpha value is -7.67. The number of rotatable bonds is 8. The molecule has 72 heavy (non-hydrogen) atoms. The molecule has 2 N–H and O–H groups in total. The zero-order valence-electron chi connectivity index (χ0n) is 41.4. The van der Waals surface area contributed by atoms with E-state index in [0.29, 0.717) is 23.5 Å². The molecule has 366 valence electrons. The highest BCUT2D eigenvalue weighted by Gasteiger charge is 2.55. The third-order valence-electron chi connectivity index (χ3n) is 15.9. The molecule has 2 aliphatic carbocycles. The topological polar surface area (TPSA) is 133 Å². The van der Waals surface area contributed by atoms with Crippen LogP contribution in [0.25, 0.3) is 0 Å². The number of alkyl halides is 3. The predicted molar refractivity (Wildman–Crippen MR) is 270 cm³/mol. The molecular formula is C59H53F3N4O6. The summed E-state index contributed by atoms with van der Waals surface area (Å²) in [4.78, 5) is 82.0. The molecule has 0 spiro atoms. The summed E-state index contributed by atoms with van der Waals surface area (Å²) in [6.45, 7) is 16.6. The number of benzene rings is 6. The molecule has 0 radical (unpaired) electrons. The van der Waals surface area contributed by atoms with Crippen molar-refractivity contribution in [2.45, 2.75) is 108 Å². The van der Waals surface area contributed by atoms with Crippen molar-refractivity contribution in [1.29, 1.82) is 0 Å². The molecule has 0 saturated carbocycles. The van der Waals surface area contributed by atoms with Crippen LogP contribution >= 0.6 is 0 Å². The molecule has 3 unspecified atom stereocenters. The van der Waals surface area contributed by atoms with Crippen LogP contribution in [0.15, 0.2) is 121 Å². The van der Waals surface area contributed by atoms with Gasteiger partial charge in [-0.15, -0.1) is 0 Å². The lowest BCUT2D eigenvalue weighted by atomic mass is 9.74. The van der Waals surface area contributed by atoms with Gasteiger partial charge >= 0.3 is 6.18 Å². The van der Waals surface area contributed by atoms with E-state index in [1.165, 1.54) is 38.1 Å². The fourth-order valence-corrected chi connectivity index (χ4v) is 12.4. The van der Waals surface area contributed by atoms with Gasteiger partial charge in [0.1, 0.15) is 5.41 Å². The number of hydrogen-bond acceptors (Lipinski definition) is 6. The molecule has 10 nitrogen and oxygen atoms in total. The minimum atomic E-state index is -4.97. The van der Waals surface area contributed by atoms with Gasteiger partial charge in [-0.2, -0.15) is 13.2 Å². The average Bonchev–Trinajstić information content (AvgIpc) is 3.89. The molecule has 0 aromatic heterocycles. The maximum atomic E-state index is 15.7. The first-order chi connectivity index (χ1) is 33.7. The van der Waals surface area contributed by atoms with E-state index in [4.69, 9.17) is 0 Å². The van der Waals surface area contributed by atoms with E-state index in [2.05, 4.69) is 52.2 Å². The minimum absolute atomic E-state index is 0.0422. The Balaban J connectivity index is 0.930. The van der Waals surface area contributed by atoms with Gasteiger partial charge in [0.25, 0.3) is 23.6 Å². The van der Waals surface area contributed by atoms with Crippen LogP contribution in [-0.4, -0.2) is 41.6 Å². The Morgan fingerprint density at radius 1 is 0.472 bits per heavy atom. The summed E-state index contributed by atoms with van der Waals surface area (Å²) < 4.78 is 47.1. The summed E-state index contributed by atoms with van der Waals surface area (Å²) in [7, 11) is 0. The Bertz CT molecular complexity index is 3400. The van der Waals surface area contributed by atoms with Crippen molar-refractivity contribution in [2.75, 3.05) is 20.4 Å². The first-order valence-electron chi connectivity index (χ1n) is 23.9. The van der Waals surface area contributed by atoms with Gasteiger partial charge in [-0.25, -0.2) is 9.80 Å². The number of anilines is 4. The molecule has 13 heteroatoms. The summed E-state index contributed by atoms with van der Waals surface area (Å²) in [5.74, 6) is -3.23. The number of hydrogen-bond donors (Lipinski definition) is 2. The fraction of sp³-hybridized carbons (Fsp3) is 0.288. The highest BCUT2D eigenvalue weighted by atomic mass is 19.4. The van der Waals surface area contributed by atoms with Gasteiger partial charge in [0.2, 0.25) is 11.8 Å². The van der Waals surface area contributed by atoms with E-state index in [1.807, 2.05) is 66.7 Å². The molecule has 0 bridgehead atoms. The van der Waals surface area contributed by atoms with E-state index in [0.717, 1.165) is 68.7 Å². The summed E-state index contributed by atoms with van der Waals surface area (Å²) in [6.07, 6.45) is -3.53. The summed E-state index contributed by atoms with van der Waals surface area (Å²) in [6, 6.07) is 33.1. The largest absolute Gasteiger partial charge is 0.402 e. The van der Waals surface area contributed by atoms with Crippen LogP contribution in [0.1, 0.15) is 161 Å². The number of imide groups is 2. The minimum Gasteiger partial charge on any atom is -0.326 e. The quantitative estimate of drug-likeness (QED) is 0.146. The fourth-order valence-electron chi connectivity index (χ4n) is 12.4. The molecule has 0 fully saturated rings. The Morgan fingerprint density at radius 3 is 1.33 bits per heavy atom. The number of halogens is 3. The monoisotopic (exact) mass is 970 g/mol. The van der Waals surface area contributed by atoms with E-state index >= 15 is 13.2 Å². The Labute approximate surface area is 415 Å². The first kappa shape index (κ1) is 48.0. The van der Waals surface area contributed by atoms with Gasteiger partial charge in [-0.3, -0.25) is 28.8 Å². The third-order valence-corrected chi connectivity index (χ3v) is 15.9. The highest BCUT2D eigenvalue weighted by molar-refractivity contribution is 6.35. The Morgan fingerprint density at radius 2 is 0.861 bits per heavy atom. The van der Waals surface area contributed by atoms with E-state index in [1.54, 1.807) is 18.2 Å². The van der Waals surface area contributed by atoms with Crippen molar-refractivity contribution in [3.8, 4) is 0 Å². The van der Waals surface area contributed by atoms with Crippen LogP contribution in [0.2, 0.25) is 0 Å². The summed E-state index contributed by atoms with van der Waals surface area (Å²) in [5, 5.41) is 5.65. The number of amides is 6. The zero-order valence-corrected chi connectivity index (χ0v) is 41.4. The standard InChI is InChI=1S/C59H53F3N4O6/c1-32(67)63-38-16-10-34(11-17-38)56(7)31-55(5,6)49-29-41(21-25-47(49)56)66-51(70)43-23-15-37(27-45(43)53(66)72)58(9,59(60,61)62)36-14-22-42-44(26-36)52(71)65(50(42)69)40-19-12-35(13-20-40)57(8)30-54(3,4)48-28-39(64-33(2)68)18-24-46(48)57/h10-29H,30-31H2,1-9H3,(H,63,67)(H,64,68). The second-order valence-electron chi connectivity index (χ2n) is 21.8. The number of carbonyl (C=O) groups excluding carboxylic acids is 6. The summed E-state index contributed by atoms with van der Waals surface area (Å²) >= 11 is 0. The molecule has 2 aliphatic heterocycles. The van der Waals surface area contributed by atoms with Gasteiger partial charge in [0, 0.05) is 36.1 Å². The molecular weight excluding hydrogens is 918 g/mol. The molecule has 0 saturated heterocycles. The van der Waals surface area contributed by atoms with Crippen LogP contribution in [0.4, 0.5) is 35.9 Å². The number of nitrogens with one attached hydrogen (secondary N) is 2. The van der Waals surface area contributed by atoms with Crippen molar-refractivity contribution >= 4 is 58.2 Å². The predicted octanol–water partition coefficient (Wildman–Crippen LogP) is 12.0. The lowest BCUT2D eigenvalue weighted by Crippen LogP contribution is -2.41. The molecule has 10 rings (SSSR count). The second kappa shape index (κ2) is 15.9. The van der Waals surface area contributed by atoms with Crippen LogP contribution in [0, 0.1) is 0 Å². The molecule has 6 aromatic rings. The maximum absolute atomic E-state index is 15.7. The van der Waals surface area contributed by atoms with Gasteiger partial charge in [-0.1, -0.05) is 90.1 Å². The highest BCUT2D eigenvalue weighted by Crippen LogP contribution is 2.56. The van der Waals surface area contributed by atoms with Gasteiger partial charge < -0.3 is 10.6 Å². The van der Waals surface area contributed by atoms with Crippen molar-refractivity contribution in [1.82, 2.24) is 0 Å². The van der Waals surface area contributed by atoms with Crippen LogP contribution in [-0.2, 0) is 36.7 Å². The van der Waals surface area contributed by atoms with Crippen molar-refractivity contribution in [3.63, 3.8) is 0 Å². The van der Waals surface area contributed by atoms with Crippen LogP contribution in [0.3, 0.4) is 0 Å². The zero-order chi connectivity index (χ0) is 51.8. The molecule has 3 atom stereocenters. The maximum Gasteiger partial charge on any atom is 0.402 e. The van der Waals surface area contributed by atoms with Crippen molar-refractivity contribution in [3.05, 3.63) is 188 Å². The van der Waals surface area contributed by atoms with Crippen LogP contribution in [0.5, 0.6) is 0 Å². The lowest BCUT2D eigenvalue weighted by molar-refractivity contribution is -0.173. The van der Waals surface area contributed by atoms with Gasteiger partial charge in [0.05, 0.1) is 33.6 Å². The number of carbonyl (C=O) groups is 6. The molecule has 2 heterocycles. The molecule has 6 amide bonds. The normalized spacial score (nSPS) is 21.3. The molecule has 4 aliphatic rings. The van der Waals surface area contributed by atoms with Gasteiger partial charge in [0.15, 0.2) is 0 Å². The van der Waals surface area contributed by atoms with Crippen molar-refractivity contribution < 1.29 is 41.9 Å². The van der Waals surface area contributed by atoms with Crippen LogP contribution < -0.4 is 20.4 Å². The van der Waals surface area contributed by atoms with E-state index in [9.17, 15) is 28.8 Å². The SMILES string of the molecule is CC(=O)Nc1ccc(C2(C)CC(C)(C)c3cc(N4C(=O)c5ccc(C(C)(c6ccc7c(c6)C(=O)N(c6ccc(C8(C)CC(C)(C)c9cc(NC(C)=O)ccc98)cc6)C7=O)C(F)(F)F)cc5C4=O)ccc32)cc1. The van der Waals surface area contributed by atoms with E-state index < -0.39 is 51.5 Å². The lowest BCUT2D eigenvalue weighted by Gasteiger charge is -2.33. The smallest absolute Gasteiger partial charge is 0.326 e. The second-order valence-corrected chi connectivity index (χ2v) is 21.8.